The fraction of sp³-hybridized carbons (Fsp3) is 0.529. The Morgan fingerprint density at radius 1 is 1.14 bits per heavy atom. The van der Waals surface area contributed by atoms with Crippen LogP contribution in [0.25, 0.3) is 0 Å². The topological polar surface area (TPSA) is 27.5 Å². The van der Waals surface area contributed by atoms with E-state index in [4.69, 9.17) is 0 Å². The van der Waals surface area contributed by atoms with E-state index in [0.717, 1.165) is 33.6 Å². The van der Waals surface area contributed by atoms with Crippen LogP contribution < -0.4 is 5.06 Å². The van der Waals surface area contributed by atoms with E-state index >= 15 is 0 Å². The zero-order valence-electron chi connectivity index (χ0n) is 12.1. The van der Waals surface area contributed by atoms with Crippen LogP contribution in [-0.4, -0.2) is 0 Å². The van der Waals surface area contributed by atoms with Crippen LogP contribution in [-0.2, 0) is 0 Å². The molecule has 4 heteroatoms. The van der Waals surface area contributed by atoms with Crippen molar-refractivity contribution in [3.05, 3.63) is 38.5 Å². The third kappa shape index (κ3) is 2.50. The molecule has 1 saturated carbocycles. The van der Waals surface area contributed by atoms with Gasteiger partial charge in [0.15, 0.2) is 0 Å². The Balaban J connectivity index is 1.67. The molecule has 2 nitrogen and oxygen atoms in total. The average Bonchev–Trinajstić information content (AvgIpc) is 2.47. The van der Waals surface area contributed by atoms with E-state index in [9.17, 15) is 5.21 Å². The Kier molecular flexibility index (Phi) is 3.69. The summed E-state index contributed by atoms with van der Waals surface area (Å²) in [6.07, 6.45) is 10.3. The summed E-state index contributed by atoms with van der Waals surface area (Å²) in [4.78, 5) is 2.51. The number of halogens is 1. The molecule has 1 spiro atoms. The van der Waals surface area contributed by atoms with E-state index in [-0.39, 0.29) is 5.06 Å². The summed E-state index contributed by atoms with van der Waals surface area (Å²) in [6, 6.07) is 6.06. The van der Waals surface area contributed by atoms with Crippen LogP contribution in [0.1, 0.15) is 51.4 Å². The first-order valence-corrected chi connectivity index (χ1v) is 9.52. The number of hydrogen-bond donors (Lipinski definition) is 1. The molecule has 1 aliphatic heterocycles. The lowest BCUT2D eigenvalue weighted by Gasteiger charge is -2.44. The first kappa shape index (κ1) is 14.3. The molecule has 0 saturated heterocycles. The summed E-state index contributed by atoms with van der Waals surface area (Å²) in [5, 5.41) is 13.0. The third-order valence-corrected chi connectivity index (χ3v) is 7.08. The van der Waals surface area contributed by atoms with Crippen LogP contribution >= 0.6 is 27.7 Å². The van der Waals surface area contributed by atoms with Crippen molar-refractivity contribution in [3.63, 3.8) is 0 Å². The van der Waals surface area contributed by atoms with Gasteiger partial charge < -0.3 is 10.3 Å². The fourth-order valence-electron chi connectivity index (χ4n) is 4.20. The van der Waals surface area contributed by atoms with Gasteiger partial charge in [-0.3, -0.25) is 0 Å². The molecule has 4 rings (SSSR count). The van der Waals surface area contributed by atoms with E-state index in [1.165, 1.54) is 43.4 Å². The second kappa shape index (κ2) is 5.41. The molecule has 1 atom stereocenters. The molecule has 1 fully saturated rings. The lowest BCUT2D eigenvalue weighted by molar-refractivity contribution is -0.736. The first-order chi connectivity index (χ1) is 10.2. The molecule has 0 aromatic heterocycles. The number of hydroxylamine groups is 1. The summed E-state index contributed by atoms with van der Waals surface area (Å²) in [6.45, 7) is 0. The number of benzene rings is 1. The standard InChI is InChI=1S/C17H20BrNOS/c18-12-4-5-13-15(10-12)21-16-11-17(7-2-1-3-8-17)9-6-14(16)19(13)20/h4-5,10,19H,1-3,6-9,11H2. The molecule has 1 aromatic carbocycles. The van der Waals surface area contributed by atoms with Crippen LogP contribution in [0.4, 0.5) is 5.69 Å². The van der Waals surface area contributed by atoms with E-state index in [2.05, 4.69) is 22.0 Å². The van der Waals surface area contributed by atoms with Crippen molar-refractivity contribution in [3.8, 4) is 0 Å². The molecule has 0 amide bonds. The highest BCUT2D eigenvalue weighted by molar-refractivity contribution is 9.10. The van der Waals surface area contributed by atoms with Crippen LogP contribution in [0, 0.1) is 10.6 Å². The monoisotopic (exact) mass is 365 g/mol. The highest BCUT2D eigenvalue weighted by Gasteiger charge is 2.41. The van der Waals surface area contributed by atoms with Crippen molar-refractivity contribution < 1.29 is 5.06 Å². The lowest BCUT2D eigenvalue weighted by Crippen LogP contribution is -3.01. The lowest BCUT2D eigenvalue weighted by atomic mass is 9.66. The fourth-order valence-corrected chi connectivity index (χ4v) is 6.13. The maximum absolute atomic E-state index is 12.7. The molecule has 1 heterocycles. The second-order valence-electron chi connectivity index (χ2n) is 6.71. The van der Waals surface area contributed by atoms with Gasteiger partial charge in [-0.05, 0) is 43.2 Å². The second-order valence-corrected chi connectivity index (χ2v) is 8.76. The van der Waals surface area contributed by atoms with Gasteiger partial charge in [0.25, 0.3) is 0 Å². The van der Waals surface area contributed by atoms with Gasteiger partial charge in [-0.1, -0.05) is 47.0 Å². The molecule has 112 valence electrons. The van der Waals surface area contributed by atoms with Crippen molar-refractivity contribution in [1.29, 1.82) is 0 Å². The van der Waals surface area contributed by atoms with Gasteiger partial charge in [-0.25, -0.2) is 0 Å². The van der Waals surface area contributed by atoms with Crippen LogP contribution in [0.15, 0.2) is 38.2 Å². The molecule has 1 unspecified atom stereocenters. The Hall–Kier alpha value is -0.290. The normalized spacial score (nSPS) is 27.4. The molecule has 0 bridgehead atoms. The van der Waals surface area contributed by atoms with Crippen molar-refractivity contribution >= 4 is 33.4 Å². The van der Waals surface area contributed by atoms with E-state index in [1.54, 1.807) is 0 Å². The third-order valence-electron chi connectivity index (χ3n) is 5.39. The molecular weight excluding hydrogens is 346 g/mol. The Bertz CT molecular complexity index is 607. The van der Waals surface area contributed by atoms with Crippen LogP contribution in [0.3, 0.4) is 0 Å². The molecule has 21 heavy (non-hydrogen) atoms. The Labute approximate surface area is 138 Å². The molecule has 1 aromatic rings. The van der Waals surface area contributed by atoms with Gasteiger partial charge in [0.05, 0.1) is 4.90 Å². The predicted octanol–water partition coefficient (Wildman–Crippen LogP) is 4.92. The summed E-state index contributed by atoms with van der Waals surface area (Å²) >= 11 is 5.38. The summed E-state index contributed by atoms with van der Waals surface area (Å²) in [5.41, 5.74) is 2.53. The maximum atomic E-state index is 12.7. The van der Waals surface area contributed by atoms with Crippen LogP contribution in [0.5, 0.6) is 0 Å². The van der Waals surface area contributed by atoms with E-state index in [0.29, 0.717) is 5.41 Å². The van der Waals surface area contributed by atoms with Crippen LogP contribution in [0.2, 0.25) is 0 Å². The molecule has 2 aliphatic carbocycles. The van der Waals surface area contributed by atoms with Gasteiger partial charge in [-0.2, -0.15) is 0 Å². The summed E-state index contributed by atoms with van der Waals surface area (Å²) in [5.74, 6) is 0. The SMILES string of the molecule is [O-][NH+]1C2=C(CC3(CCCCC3)CC2)Sc2cc(Br)ccc21. The summed E-state index contributed by atoms with van der Waals surface area (Å²) in [7, 11) is 0. The number of nitrogens with one attached hydrogen (secondary N) is 1. The average molecular weight is 366 g/mol. The van der Waals surface area contributed by atoms with Gasteiger partial charge in [0.1, 0.15) is 11.4 Å². The van der Waals surface area contributed by atoms with Crippen molar-refractivity contribution in [2.24, 2.45) is 5.41 Å². The molecular formula is C17H20BrNOS. The number of fused-ring (bicyclic) bond motifs is 1. The van der Waals surface area contributed by atoms with Gasteiger partial charge in [0, 0.05) is 21.9 Å². The highest BCUT2D eigenvalue weighted by Crippen LogP contribution is 2.53. The Morgan fingerprint density at radius 2 is 1.95 bits per heavy atom. The maximum Gasteiger partial charge on any atom is 0.150 e. The largest absolute Gasteiger partial charge is 0.624 e. The minimum Gasteiger partial charge on any atom is -0.624 e. The predicted molar refractivity (Wildman–Crippen MR) is 90.4 cm³/mol. The van der Waals surface area contributed by atoms with Gasteiger partial charge in [-0.15, -0.1) is 0 Å². The van der Waals surface area contributed by atoms with E-state index in [1.807, 2.05) is 23.9 Å². The van der Waals surface area contributed by atoms with E-state index < -0.39 is 0 Å². The minimum atomic E-state index is 0.289. The zero-order chi connectivity index (χ0) is 14.4. The summed E-state index contributed by atoms with van der Waals surface area (Å²) < 4.78 is 1.06. The number of allylic oxidation sites excluding steroid dienone is 2. The quantitative estimate of drug-likeness (QED) is 0.661. The number of rotatable bonds is 0. The van der Waals surface area contributed by atoms with Gasteiger partial charge >= 0.3 is 0 Å². The molecule has 0 radical (unpaired) electrons. The first-order valence-electron chi connectivity index (χ1n) is 7.91. The number of quaternary nitrogens is 1. The molecule has 3 aliphatic rings. The Morgan fingerprint density at radius 3 is 2.76 bits per heavy atom. The molecule has 1 N–H and O–H groups in total. The highest BCUT2D eigenvalue weighted by atomic mass is 79.9. The van der Waals surface area contributed by atoms with Crippen molar-refractivity contribution in [2.45, 2.75) is 56.3 Å². The smallest absolute Gasteiger partial charge is 0.150 e. The number of thioether (sulfide) groups is 1. The number of hydrogen-bond acceptors (Lipinski definition) is 2. The van der Waals surface area contributed by atoms with Crippen molar-refractivity contribution in [2.75, 3.05) is 0 Å². The zero-order valence-corrected chi connectivity index (χ0v) is 14.5. The van der Waals surface area contributed by atoms with Gasteiger partial charge in [0.2, 0.25) is 0 Å². The minimum absolute atomic E-state index is 0.289. The van der Waals surface area contributed by atoms with Crippen molar-refractivity contribution in [1.82, 2.24) is 0 Å².